The molecule has 150 valence electrons. The van der Waals surface area contributed by atoms with Crippen molar-refractivity contribution in [2.45, 2.75) is 38.8 Å². The molecule has 1 atom stereocenters. The molecule has 1 aliphatic heterocycles. The third-order valence-corrected chi connectivity index (χ3v) is 5.34. The molecule has 5 nitrogen and oxygen atoms in total. The molecule has 1 unspecified atom stereocenters. The fourth-order valence-electron chi connectivity index (χ4n) is 3.73. The number of hydrogen-bond acceptors (Lipinski definition) is 4. The minimum Gasteiger partial charge on any atom is -0.441 e. The third kappa shape index (κ3) is 5.33. The zero-order valence-corrected chi connectivity index (χ0v) is 16.8. The zero-order chi connectivity index (χ0) is 20.1. The van der Waals surface area contributed by atoms with Crippen LogP contribution in [0.1, 0.15) is 29.9 Å². The van der Waals surface area contributed by atoms with Gasteiger partial charge in [-0.25, -0.2) is 4.98 Å². The van der Waals surface area contributed by atoms with E-state index in [0.29, 0.717) is 18.7 Å². The Labute approximate surface area is 171 Å². The minimum atomic E-state index is 0.0617. The molecular formula is C24H27N3O2. The second-order valence-electron chi connectivity index (χ2n) is 7.76. The summed E-state index contributed by atoms with van der Waals surface area (Å²) in [6.07, 6.45) is 3.63. The Kier molecular flexibility index (Phi) is 6.06. The first-order valence-corrected chi connectivity index (χ1v) is 10.2. The van der Waals surface area contributed by atoms with Crippen molar-refractivity contribution in [3.05, 3.63) is 77.8 Å². The zero-order valence-electron chi connectivity index (χ0n) is 16.8. The first-order chi connectivity index (χ1) is 14.2. The molecule has 1 fully saturated rings. The van der Waals surface area contributed by atoms with Gasteiger partial charge in [0.1, 0.15) is 0 Å². The van der Waals surface area contributed by atoms with Crippen LogP contribution in [0.5, 0.6) is 0 Å². The van der Waals surface area contributed by atoms with Crippen molar-refractivity contribution in [2.75, 3.05) is 13.1 Å². The van der Waals surface area contributed by atoms with Crippen LogP contribution in [0.4, 0.5) is 0 Å². The molecule has 1 amide bonds. The number of amides is 1. The molecule has 29 heavy (non-hydrogen) atoms. The van der Waals surface area contributed by atoms with E-state index in [1.165, 1.54) is 11.1 Å². The Morgan fingerprint density at radius 2 is 1.97 bits per heavy atom. The van der Waals surface area contributed by atoms with Gasteiger partial charge in [-0.15, -0.1) is 0 Å². The van der Waals surface area contributed by atoms with E-state index in [4.69, 9.17) is 4.42 Å². The minimum absolute atomic E-state index is 0.0617. The number of aryl methyl sites for hydroxylation is 2. The van der Waals surface area contributed by atoms with Crippen LogP contribution in [0, 0.1) is 6.92 Å². The van der Waals surface area contributed by atoms with E-state index in [2.05, 4.69) is 46.4 Å². The van der Waals surface area contributed by atoms with Gasteiger partial charge in [0, 0.05) is 44.1 Å². The number of carbonyl (C=O) groups is 1. The molecule has 2 aromatic carbocycles. The van der Waals surface area contributed by atoms with Gasteiger partial charge in [0.05, 0.1) is 6.20 Å². The number of oxazole rings is 1. The van der Waals surface area contributed by atoms with Crippen molar-refractivity contribution in [1.29, 1.82) is 0 Å². The lowest BCUT2D eigenvalue weighted by Crippen LogP contribution is -2.37. The normalized spacial score (nSPS) is 16.8. The van der Waals surface area contributed by atoms with Gasteiger partial charge in [-0.1, -0.05) is 60.2 Å². The Morgan fingerprint density at radius 3 is 2.76 bits per heavy atom. The number of nitrogens with zero attached hydrogens (tertiary/aromatic N) is 2. The van der Waals surface area contributed by atoms with Gasteiger partial charge in [0.2, 0.25) is 5.91 Å². The highest BCUT2D eigenvalue weighted by Crippen LogP contribution is 2.21. The lowest BCUT2D eigenvalue weighted by molar-refractivity contribution is -0.121. The summed E-state index contributed by atoms with van der Waals surface area (Å²) >= 11 is 0. The van der Waals surface area contributed by atoms with Crippen LogP contribution in [0.15, 0.2) is 65.2 Å². The fourth-order valence-corrected chi connectivity index (χ4v) is 3.73. The predicted molar refractivity (Wildman–Crippen MR) is 113 cm³/mol. The predicted octanol–water partition coefficient (Wildman–Crippen LogP) is 3.97. The molecule has 1 N–H and O–H groups in total. The number of aromatic nitrogens is 1. The Hall–Kier alpha value is -2.92. The summed E-state index contributed by atoms with van der Waals surface area (Å²) in [4.78, 5) is 19.1. The van der Waals surface area contributed by atoms with Crippen LogP contribution >= 0.6 is 0 Å². The fraction of sp³-hybridized carbons (Fsp3) is 0.333. The van der Waals surface area contributed by atoms with Gasteiger partial charge in [0.15, 0.2) is 11.7 Å². The summed E-state index contributed by atoms with van der Waals surface area (Å²) in [6, 6.07) is 18.8. The molecule has 5 heteroatoms. The van der Waals surface area contributed by atoms with Crippen molar-refractivity contribution in [3.8, 4) is 11.3 Å². The lowest BCUT2D eigenvalue weighted by atomic mass is 10.1. The second-order valence-corrected chi connectivity index (χ2v) is 7.76. The van der Waals surface area contributed by atoms with Gasteiger partial charge in [-0.2, -0.15) is 0 Å². The average molecular weight is 389 g/mol. The molecule has 1 aromatic heterocycles. The van der Waals surface area contributed by atoms with Crippen LogP contribution in [0.3, 0.4) is 0 Å². The Balaban J connectivity index is 1.22. The quantitative estimate of drug-likeness (QED) is 0.664. The second kappa shape index (κ2) is 9.05. The van der Waals surface area contributed by atoms with Crippen LogP contribution < -0.4 is 5.32 Å². The molecule has 0 bridgehead atoms. The molecule has 2 heterocycles. The number of benzene rings is 2. The van der Waals surface area contributed by atoms with E-state index in [1.54, 1.807) is 6.20 Å². The van der Waals surface area contributed by atoms with Gasteiger partial charge in [-0.3, -0.25) is 9.69 Å². The molecular weight excluding hydrogens is 362 g/mol. The van der Waals surface area contributed by atoms with Crippen LogP contribution in [0.2, 0.25) is 0 Å². The standard InChI is InChI=1S/C24H27N3O2/c1-18-7-9-20(10-8-18)22-15-25-24(29-22)12-11-23(28)26-21-13-14-27(17-21)16-19-5-3-2-4-6-19/h2-10,15,21H,11-14,16-17H2,1H3,(H,26,28). The number of hydrogen-bond donors (Lipinski definition) is 1. The molecule has 4 rings (SSSR count). The number of carbonyl (C=O) groups excluding carboxylic acids is 1. The first-order valence-electron chi connectivity index (χ1n) is 10.2. The molecule has 0 spiro atoms. The smallest absolute Gasteiger partial charge is 0.220 e. The van der Waals surface area contributed by atoms with Crippen molar-refractivity contribution in [2.24, 2.45) is 0 Å². The van der Waals surface area contributed by atoms with Crippen molar-refractivity contribution < 1.29 is 9.21 Å². The molecule has 0 saturated carbocycles. The average Bonchev–Trinajstić information content (AvgIpc) is 3.37. The highest BCUT2D eigenvalue weighted by Gasteiger charge is 2.23. The number of nitrogens with one attached hydrogen (secondary N) is 1. The highest BCUT2D eigenvalue weighted by atomic mass is 16.4. The van der Waals surface area contributed by atoms with E-state index < -0.39 is 0 Å². The monoisotopic (exact) mass is 389 g/mol. The molecule has 1 saturated heterocycles. The van der Waals surface area contributed by atoms with E-state index in [-0.39, 0.29) is 11.9 Å². The maximum absolute atomic E-state index is 12.4. The third-order valence-electron chi connectivity index (χ3n) is 5.34. The van der Waals surface area contributed by atoms with Crippen LogP contribution in [-0.2, 0) is 17.8 Å². The largest absolute Gasteiger partial charge is 0.441 e. The van der Waals surface area contributed by atoms with E-state index in [0.717, 1.165) is 37.4 Å². The Bertz CT molecular complexity index is 934. The maximum Gasteiger partial charge on any atom is 0.220 e. The summed E-state index contributed by atoms with van der Waals surface area (Å²) in [6.45, 7) is 4.90. The molecule has 3 aromatic rings. The van der Waals surface area contributed by atoms with Gasteiger partial charge in [0.25, 0.3) is 0 Å². The van der Waals surface area contributed by atoms with Gasteiger partial charge >= 0.3 is 0 Å². The topological polar surface area (TPSA) is 58.4 Å². The van der Waals surface area contributed by atoms with E-state index in [9.17, 15) is 4.79 Å². The highest BCUT2D eigenvalue weighted by molar-refractivity contribution is 5.76. The van der Waals surface area contributed by atoms with E-state index in [1.807, 2.05) is 30.3 Å². The number of rotatable bonds is 7. The SMILES string of the molecule is Cc1ccc(-c2cnc(CCC(=O)NC3CCN(Cc4ccccc4)C3)o2)cc1. The summed E-state index contributed by atoms with van der Waals surface area (Å²) < 4.78 is 5.81. The summed E-state index contributed by atoms with van der Waals surface area (Å²) in [5, 5.41) is 3.16. The molecule has 0 radical (unpaired) electrons. The number of likely N-dealkylation sites (tertiary alicyclic amines) is 1. The summed E-state index contributed by atoms with van der Waals surface area (Å²) in [5.41, 5.74) is 3.52. The van der Waals surface area contributed by atoms with Crippen molar-refractivity contribution in [3.63, 3.8) is 0 Å². The van der Waals surface area contributed by atoms with Gasteiger partial charge in [-0.05, 0) is 18.9 Å². The van der Waals surface area contributed by atoms with Crippen LogP contribution in [0.25, 0.3) is 11.3 Å². The van der Waals surface area contributed by atoms with Crippen molar-refractivity contribution in [1.82, 2.24) is 15.2 Å². The van der Waals surface area contributed by atoms with Gasteiger partial charge < -0.3 is 9.73 Å². The maximum atomic E-state index is 12.4. The van der Waals surface area contributed by atoms with E-state index >= 15 is 0 Å². The Morgan fingerprint density at radius 1 is 1.17 bits per heavy atom. The molecule has 0 aliphatic carbocycles. The first kappa shape index (κ1) is 19.4. The summed E-state index contributed by atoms with van der Waals surface area (Å²) in [5.74, 6) is 1.41. The van der Waals surface area contributed by atoms with Crippen LogP contribution in [-0.4, -0.2) is 34.9 Å². The molecule has 1 aliphatic rings. The lowest BCUT2D eigenvalue weighted by Gasteiger charge is -2.16. The van der Waals surface area contributed by atoms with Crippen molar-refractivity contribution >= 4 is 5.91 Å². The summed E-state index contributed by atoms with van der Waals surface area (Å²) in [7, 11) is 0.